The average Bonchev–Trinajstić information content (AvgIpc) is 2.28. The molecule has 3 nitrogen and oxygen atoms in total. The fraction of sp³-hybridized carbons (Fsp3) is 0.455. The van der Waals surface area contributed by atoms with Crippen LogP contribution in [0.2, 0.25) is 10.2 Å². The van der Waals surface area contributed by atoms with Crippen LogP contribution in [-0.2, 0) is 0 Å². The maximum absolute atomic E-state index is 11.9. The molecule has 5 heteroatoms. The summed E-state index contributed by atoms with van der Waals surface area (Å²) in [5.41, 5.74) is 0.216. The van der Waals surface area contributed by atoms with Gasteiger partial charge in [-0.25, -0.2) is 4.98 Å². The average molecular weight is 261 g/mol. The lowest BCUT2D eigenvalue weighted by Crippen LogP contribution is -2.28. The molecule has 1 heterocycles. The fourth-order valence-electron chi connectivity index (χ4n) is 1.25. The standard InChI is InChI=1S/C11H14Cl2N2O/c1-3-4-7-15(2)11(16)10-8(12)5-6-9(13)14-10/h5-6H,3-4,7H2,1-2H3. The molecule has 0 N–H and O–H groups in total. The van der Waals surface area contributed by atoms with Crippen LogP contribution < -0.4 is 0 Å². The van der Waals surface area contributed by atoms with Crippen LogP contribution >= 0.6 is 23.2 Å². The molecular weight excluding hydrogens is 247 g/mol. The molecule has 16 heavy (non-hydrogen) atoms. The molecule has 0 aliphatic rings. The van der Waals surface area contributed by atoms with E-state index in [0.717, 1.165) is 12.8 Å². The summed E-state index contributed by atoms with van der Waals surface area (Å²) >= 11 is 11.6. The topological polar surface area (TPSA) is 33.2 Å². The van der Waals surface area contributed by atoms with Gasteiger partial charge in [0.15, 0.2) is 0 Å². The van der Waals surface area contributed by atoms with Gasteiger partial charge in [-0.1, -0.05) is 36.5 Å². The molecule has 0 aliphatic heterocycles. The Morgan fingerprint density at radius 2 is 2.12 bits per heavy atom. The van der Waals surface area contributed by atoms with E-state index in [1.807, 2.05) is 0 Å². The Hall–Kier alpha value is -0.800. The lowest BCUT2D eigenvalue weighted by atomic mass is 10.3. The summed E-state index contributed by atoms with van der Waals surface area (Å²) in [6.45, 7) is 2.77. The highest BCUT2D eigenvalue weighted by molar-refractivity contribution is 6.34. The minimum atomic E-state index is -0.194. The van der Waals surface area contributed by atoms with Crippen molar-refractivity contribution in [3.05, 3.63) is 28.0 Å². The Morgan fingerprint density at radius 3 is 2.75 bits per heavy atom. The van der Waals surface area contributed by atoms with E-state index >= 15 is 0 Å². The van der Waals surface area contributed by atoms with Gasteiger partial charge < -0.3 is 4.90 Å². The first-order valence-electron chi connectivity index (χ1n) is 5.13. The van der Waals surface area contributed by atoms with Crippen LogP contribution in [0.1, 0.15) is 30.3 Å². The van der Waals surface area contributed by atoms with Gasteiger partial charge in [0.25, 0.3) is 5.91 Å². The quantitative estimate of drug-likeness (QED) is 0.779. The van der Waals surface area contributed by atoms with Crippen molar-refractivity contribution < 1.29 is 4.79 Å². The van der Waals surface area contributed by atoms with E-state index in [9.17, 15) is 4.79 Å². The molecule has 1 rings (SSSR count). The monoisotopic (exact) mass is 260 g/mol. The molecule has 0 saturated carbocycles. The molecule has 0 fully saturated rings. The van der Waals surface area contributed by atoms with E-state index in [0.29, 0.717) is 11.6 Å². The number of hydrogen-bond donors (Lipinski definition) is 0. The second kappa shape index (κ2) is 6.06. The summed E-state index contributed by atoms with van der Waals surface area (Å²) in [6.07, 6.45) is 1.99. The third kappa shape index (κ3) is 3.35. The predicted octanol–water partition coefficient (Wildman–Crippen LogP) is 3.26. The van der Waals surface area contributed by atoms with Gasteiger partial charge in [-0.05, 0) is 18.6 Å². The number of rotatable bonds is 4. The molecule has 88 valence electrons. The second-order valence-corrected chi connectivity index (χ2v) is 4.34. The van der Waals surface area contributed by atoms with E-state index in [1.54, 1.807) is 24.1 Å². The first-order chi connectivity index (χ1) is 7.56. The molecule has 1 aromatic rings. The number of aromatic nitrogens is 1. The summed E-state index contributed by atoms with van der Waals surface area (Å²) in [4.78, 5) is 17.5. The lowest BCUT2D eigenvalue weighted by Gasteiger charge is -2.16. The van der Waals surface area contributed by atoms with Gasteiger partial charge in [0.05, 0.1) is 5.02 Å². The van der Waals surface area contributed by atoms with Crippen molar-refractivity contribution >= 4 is 29.1 Å². The van der Waals surface area contributed by atoms with Gasteiger partial charge in [-0.3, -0.25) is 4.79 Å². The second-order valence-electron chi connectivity index (χ2n) is 3.54. The van der Waals surface area contributed by atoms with Gasteiger partial charge in [0.1, 0.15) is 10.8 Å². The van der Waals surface area contributed by atoms with Crippen molar-refractivity contribution in [2.45, 2.75) is 19.8 Å². The van der Waals surface area contributed by atoms with E-state index in [-0.39, 0.29) is 16.8 Å². The normalized spacial score (nSPS) is 10.2. The zero-order valence-electron chi connectivity index (χ0n) is 9.33. The van der Waals surface area contributed by atoms with Gasteiger partial charge in [-0.2, -0.15) is 0 Å². The van der Waals surface area contributed by atoms with Crippen LogP contribution in [0.5, 0.6) is 0 Å². The minimum absolute atomic E-state index is 0.194. The third-order valence-electron chi connectivity index (χ3n) is 2.21. The number of pyridine rings is 1. The number of halogens is 2. The molecule has 0 saturated heterocycles. The van der Waals surface area contributed by atoms with Crippen molar-refractivity contribution in [3.8, 4) is 0 Å². The van der Waals surface area contributed by atoms with Crippen LogP contribution in [0.4, 0.5) is 0 Å². The molecule has 1 amide bonds. The molecule has 0 bridgehead atoms. The van der Waals surface area contributed by atoms with Crippen LogP contribution in [0, 0.1) is 0 Å². The summed E-state index contributed by atoms with van der Waals surface area (Å²) in [5.74, 6) is -0.194. The van der Waals surface area contributed by atoms with Crippen LogP contribution in [0.15, 0.2) is 12.1 Å². The molecule has 0 aliphatic carbocycles. The van der Waals surface area contributed by atoms with Gasteiger partial charge in [0, 0.05) is 13.6 Å². The number of nitrogens with zero attached hydrogens (tertiary/aromatic N) is 2. The van der Waals surface area contributed by atoms with Crippen molar-refractivity contribution in [2.75, 3.05) is 13.6 Å². The highest BCUT2D eigenvalue weighted by Crippen LogP contribution is 2.18. The largest absolute Gasteiger partial charge is 0.340 e. The molecule has 0 aromatic carbocycles. The van der Waals surface area contributed by atoms with Crippen molar-refractivity contribution in [3.63, 3.8) is 0 Å². The van der Waals surface area contributed by atoms with Gasteiger partial charge >= 0.3 is 0 Å². The zero-order valence-corrected chi connectivity index (χ0v) is 10.8. The van der Waals surface area contributed by atoms with E-state index in [4.69, 9.17) is 23.2 Å². The molecule has 0 unspecified atom stereocenters. The first kappa shape index (κ1) is 13.3. The van der Waals surface area contributed by atoms with Crippen molar-refractivity contribution in [2.24, 2.45) is 0 Å². The van der Waals surface area contributed by atoms with E-state index in [2.05, 4.69) is 11.9 Å². The zero-order chi connectivity index (χ0) is 12.1. The summed E-state index contributed by atoms with van der Waals surface area (Å²) < 4.78 is 0. The SMILES string of the molecule is CCCCN(C)C(=O)c1nc(Cl)ccc1Cl. The van der Waals surface area contributed by atoms with Crippen LogP contribution in [0.3, 0.4) is 0 Å². The van der Waals surface area contributed by atoms with E-state index in [1.165, 1.54) is 0 Å². The Labute approximate surface area is 105 Å². The highest BCUT2D eigenvalue weighted by Gasteiger charge is 2.16. The Bertz CT molecular complexity index is 382. The summed E-state index contributed by atoms with van der Waals surface area (Å²) in [6, 6.07) is 3.14. The van der Waals surface area contributed by atoms with Crippen molar-refractivity contribution in [1.29, 1.82) is 0 Å². The number of amides is 1. The van der Waals surface area contributed by atoms with Crippen LogP contribution in [0.25, 0.3) is 0 Å². The molecular formula is C11H14Cl2N2O. The summed E-state index contributed by atoms with van der Waals surface area (Å²) in [5, 5.41) is 0.606. The maximum Gasteiger partial charge on any atom is 0.273 e. The first-order valence-corrected chi connectivity index (χ1v) is 5.89. The Kier molecular flexibility index (Phi) is 5.03. The maximum atomic E-state index is 11.9. The number of carbonyl (C=O) groups is 1. The fourth-order valence-corrected chi connectivity index (χ4v) is 1.58. The number of unbranched alkanes of at least 4 members (excludes halogenated alkanes) is 1. The lowest BCUT2D eigenvalue weighted by molar-refractivity contribution is 0.0787. The molecule has 0 atom stereocenters. The van der Waals surface area contributed by atoms with Gasteiger partial charge in [0.2, 0.25) is 0 Å². The number of hydrogen-bond acceptors (Lipinski definition) is 2. The molecule has 0 radical (unpaired) electrons. The van der Waals surface area contributed by atoms with E-state index < -0.39 is 0 Å². The minimum Gasteiger partial charge on any atom is -0.340 e. The van der Waals surface area contributed by atoms with Gasteiger partial charge in [-0.15, -0.1) is 0 Å². The van der Waals surface area contributed by atoms with Crippen molar-refractivity contribution in [1.82, 2.24) is 9.88 Å². The molecule has 1 aromatic heterocycles. The summed E-state index contributed by atoms with van der Waals surface area (Å²) in [7, 11) is 1.73. The number of carbonyl (C=O) groups excluding carboxylic acids is 1. The smallest absolute Gasteiger partial charge is 0.273 e. The Balaban J connectivity index is 2.83. The predicted molar refractivity (Wildman–Crippen MR) is 66.1 cm³/mol. The van der Waals surface area contributed by atoms with Crippen LogP contribution in [-0.4, -0.2) is 29.4 Å². The third-order valence-corrected chi connectivity index (χ3v) is 2.72. The Morgan fingerprint density at radius 1 is 1.44 bits per heavy atom. The molecule has 0 spiro atoms. The highest BCUT2D eigenvalue weighted by atomic mass is 35.5.